The molecule has 1 aromatic carbocycles. The van der Waals surface area contributed by atoms with Crippen LogP contribution in [0.4, 0.5) is 5.82 Å². The number of Topliss-reactive ketones (excluding diaryl/α,β-unsaturated/α-hetero) is 1. The number of hydrogen-bond donors (Lipinski definition) is 1. The maximum absolute atomic E-state index is 14.3. The number of likely N-dealkylation sites (tertiary alicyclic amines) is 1. The van der Waals surface area contributed by atoms with Crippen molar-refractivity contribution in [2.24, 2.45) is 5.41 Å². The van der Waals surface area contributed by atoms with E-state index in [1.165, 1.54) is 6.92 Å². The quantitative estimate of drug-likeness (QED) is 0.212. The molecule has 3 amide bonds. The Bertz CT molecular complexity index is 1990. The molecule has 3 fully saturated rings. The lowest BCUT2D eigenvalue weighted by Crippen LogP contribution is -2.49. The van der Waals surface area contributed by atoms with Gasteiger partial charge in [-0.2, -0.15) is 5.10 Å². The lowest BCUT2D eigenvalue weighted by Gasteiger charge is -2.36. The summed E-state index contributed by atoms with van der Waals surface area (Å²) in [5.74, 6) is 0.450. The minimum atomic E-state index is -0.702. The molecule has 7 rings (SSSR count). The van der Waals surface area contributed by atoms with Crippen molar-refractivity contribution in [1.29, 1.82) is 0 Å². The number of halogens is 1. The number of fused-ring (bicyclic) bond motifs is 2. The van der Waals surface area contributed by atoms with Gasteiger partial charge in [-0.1, -0.05) is 12.1 Å². The molecule has 14 heteroatoms. The Morgan fingerprint density at radius 2 is 1.69 bits per heavy atom. The van der Waals surface area contributed by atoms with Crippen molar-refractivity contribution in [3.05, 3.63) is 64.4 Å². The van der Waals surface area contributed by atoms with E-state index in [0.717, 1.165) is 42.7 Å². The predicted octanol–water partition coefficient (Wildman–Crippen LogP) is 3.63. The summed E-state index contributed by atoms with van der Waals surface area (Å²) >= 11 is 3.39. The van der Waals surface area contributed by atoms with Crippen molar-refractivity contribution in [3.63, 3.8) is 0 Å². The van der Waals surface area contributed by atoms with E-state index in [0.29, 0.717) is 46.7 Å². The van der Waals surface area contributed by atoms with Gasteiger partial charge in [-0.15, -0.1) is 0 Å². The highest BCUT2D eigenvalue weighted by Gasteiger charge is 2.67. The van der Waals surface area contributed by atoms with Gasteiger partial charge in [0.05, 0.1) is 5.52 Å². The summed E-state index contributed by atoms with van der Waals surface area (Å²) in [6, 6.07) is 8.51. The van der Waals surface area contributed by atoms with E-state index >= 15 is 0 Å². The number of rotatable bonds is 8. The number of nitrogens with one attached hydrogen (secondary N) is 1. The van der Waals surface area contributed by atoms with Gasteiger partial charge < -0.3 is 15.1 Å². The molecule has 4 aromatic rings. The number of carbonyl (C=O) groups excluding carboxylic acids is 4. The number of hydrogen-bond acceptors (Lipinski definition) is 9. The van der Waals surface area contributed by atoms with Crippen LogP contribution in [0.3, 0.4) is 0 Å². The minimum absolute atomic E-state index is 0.0763. The van der Waals surface area contributed by atoms with Crippen molar-refractivity contribution < 1.29 is 19.2 Å². The Morgan fingerprint density at radius 3 is 2.39 bits per heavy atom. The monoisotopic (exact) mass is 727 g/mol. The van der Waals surface area contributed by atoms with Crippen LogP contribution < -0.4 is 5.32 Å². The molecule has 13 nitrogen and oxygen atoms in total. The molecule has 3 aromatic heterocycles. The number of ketones is 1. The summed E-state index contributed by atoms with van der Waals surface area (Å²) in [5, 5.41) is 8.23. The highest BCUT2D eigenvalue weighted by Crippen LogP contribution is 2.60. The highest BCUT2D eigenvalue weighted by molar-refractivity contribution is 9.10. The average molecular weight is 729 g/mol. The second-order valence-electron chi connectivity index (χ2n) is 13.5. The minimum Gasteiger partial charge on any atom is -0.340 e. The number of piperazine rings is 1. The molecular weight excluding hydrogens is 690 g/mol. The van der Waals surface area contributed by atoms with E-state index in [1.54, 1.807) is 28.9 Å². The Hall–Kier alpha value is -4.56. The first-order chi connectivity index (χ1) is 23.4. The van der Waals surface area contributed by atoms with E-state index in [4.69, 9.17) is 0 Å². The van der Waals surface area contributed by atoms with Gasteiger partial charge in [-0.3, -0.25) is 28.8 Å². The summed E-state index contributed by atoms with van der Waals surface area (Å²) in [7, 11) is 0. The zero-order chi connectivity index (χ0) is 34.6. The van der Waals surface area contributed by atoms with Gasteiger partial charge in [0.2, 0.25) is 17.7 Å². The summed E-state index contributed by atoms with van der Waals surface area (Å²) in [6.07, 6.45) is 4.79. The van der Waals surface area contributed by atoms with E-state index in [1.807, 2.05) is 49.1 Å². The molecule has 2 saturated heterocycles. The maximum atomic E-state index is 14.3. The molecule has 254 valence electrons. The third-order valence-corrected chi connectivity index (χ3v) is 10.6. The summed E-state index contributed by atoms with van der Waals surface area (Å²) in [6.45, 7) is 10.2. The van der Waals surface area contributed by atoms with Crippen LogP contribution in [-0.2, 0) is 20.9 Å². The first kappa shape index (κ1) is 33.0. The van der Waals surface area contributed by atoms with Gasteiger partial charge in [-0.25, -0.2) is 15.0 Å². The van der Waals surface area contributed by atoms with E-state index in [2.05, 4.69) is 46.2 Å². The molecule has 0 spiro atoms. The van der Waals surface area contributed by atoms with Crippen molar-refractivity contribution >= 4 is 56.2 Å². The van der Waals surface area contributed by atoms with Crippen LogP contribution in [0, 0.1) is 19.3 Å². The zero-order valence-corrected chi connectivity index (χ0v) is 29.5. The molecule has 1 N–H and O–H groups in total. The van der Waals surface area contributed by atoms with E-state index < -0.39 is 6.04 Å². The van der Waals surface area contributed by atoms with Crippen LogP contribution in [-0.4, -0.2) is 108 Å². The molecular formula is C35H38BrN9O4. The standard InChI is InChI=1S/C35H38BrN9O4/c1-20-5-8-30(36)39-33(20)40-34(49)28-14-35(19-42-9-11-43(12-10-42)23(4)47)15-29(35)45(28)31(48)18-44-27-7-6-24(25-16-37-22(3)38-17-25)13-26(27)32(41-44)21(2)46/h5-8,13,16-17,28-29H,9-12,14-15,18-19H2,1-4H3,(H,39,40,49)/t28-,29-,35+/m0/s1. The van der Waals surface area contributed by atoms with Crippen LogP contribution in [0.5, 0.6) is 0 Å². The van der Waals surface area contributed by atoms with Crippen LogP contribution >= 0.6 is 15.9 Å². The van der Waals surface area contributed by atoms with Crippen LogP contribution in [0.2, 0.25) is 0 Å². The Kier molecular flexibility index (Phi) is 8.55. The maximum Gasteiger partial charge on any atom is 0.248 e. The molecule has 0 unspecified atom stereocenters. The lowest BCUT2D eigenvalue weighted by molar-refractivity contribution is -0.138. The summed E-state index contributed by atoms with van der Waals surface area (Å²) < 4.78 is 2.17. The van der Waals surface area contributed by atoms with Crippen molar-refractivity contribution in [2.45, 2.75) is 59.2 Å². The number of nitrogens with zero attached hydrogens (tertiary/aromatic N) is 8. The van der Waals surface area contributed by atoms with Crippen LogP contribution in [0.25, 0.3) is 22.0 Å². The first-order valence-electron chi connectivity index (χ1n) is 16.5. The summed E-state index contributed by atoms with van der Waals surface area (Å²) in [5.41, 5.74) is 3.15. The number of amides is 3. The topological polar surface area (TPSA) is 147 Å². The van der Waals surface area contributed by atoms with Gasteiger partial charge in [-0.05, 0) is 71.9 Å². The second-order valence-corrected chi connectivity index (χ2v) is 14.3. The Labute approximate surface area is 292 Å². The van der Waals surface area contributed by atoms with Crippen molar-refractivity contribution in [2.75, 3.05) is 38.0 Å². The Balaban J connectivity index is 1.17. The van der Waals surface area contributed by atoms with Gasteiger partial charge in [0.15, 0.2) is 5.78 Å². The third-order valence-electron chi connectivity index (χ3n) is 10.2. The molecule has 49 heavy (non-hydrogen) atoms. The number of aryl methyl sites for hydroxylation is 2. The number of benzene rings is 1. The van der Waals surface area contributed by atoms with Gasteiger partial charge in [0, 0.05) is 81.4 Å². The largest absolute Gasteiger partial charge is 0.340 e. The van der Waals surface area contributed by atoms with Crippen molar-refractivity contribution in [1.82, 2.24) is 39.4 Å². The molecule has 1 aliphatic carbocycles. The lowest BCUT2D eigenvalue weighted by atomic mass is 9.97. The van der Waals surface area contributed by atoms with Gasteiger partial charge >= 0.3 is 0 Å². The number of aromatic nitrogens is 5. The first-order valence-corrected chi connectivity index (χ1v) is 17.3. The normalized spacial score (nSPS) is 21.9. The van der Waals surface area contributed by atoms with E-state index in [-0.39, 0.29) is 47.2 Å². The van der Waals surface area contributed by atoms with Crippen LogP contribution in [0.1, 0.15) is 48.6 Å². The summed E-state index contributed by atoms with van der Waals surface area (Å²) in [4.78, 5) is 71.9. The fraction of sp³-hybridized carbons (Fsp3) is 0.429. The SMILES string of the molecule is CC(=O)c1nn(CC(=O)N2[C@H]3C[C@@]3(CN3CCN(C(C)=O)CC3)C[C@H]2C(=O)Nc2nc(Br)ccc2C)c2ccc(-c3cnc(C)nc3)cc12. The molecule has 3 atom stereocenters. The van der Waals surface area contributed by atoms with Crippen LogP contribution in [0.15, 0.2) is 47.3 Å². The molecule has 3 aliphatic rings. The molecule has 1 saturated carbocycles. The zero-order valence-electron chi connectivity index (χ0n) is 27.9. The number of anilines is 1. The molecule has 5 heterocycles. The number of carbonyl (C=O) groups is 4. The molecule has 2 aliphatic heterocycles. The fourth-order valence-electron chi connectivity index (χ4n) is 7.43. The highest BCUT2D eigenvalue weighted by atomic mass is 79.9. The van der Waals surface area contributed by atoms with Gasteiger partial charge in [0.25, 0.3) is 0 Å². The van der Waals surface area contributed by atoms with Gasteiger partial charge in [0.1, 0.15) is 34.5 Å². The predicted molar refractivity (Wildman–Crippen MR) is 186 cm³/mol. The number of pyridine rings is 1. The fourth-order valence-corrected chi connectivity index (χ4v) is 7.74. The third kappa shape index (κ3) is 6.34. The second kappa shape index (κ2) is 12.7. The number of piperidine rings is 1. The molecule has 0 bridgehead atoms. The average Bonchev–Trinajstić information content (AvgIpc) is 3.47. The van der Waals surface area contributed by atoms with Crippen molar-refractivity contribution in [3.8, 4) is 11.1 Å². The molecule has 0 radical (unpaired) electrons. The Morgan fingerprint density at radius 1 is 0.959 bits per heavy atom. The van der Waals surface area contributed by atoms with E-state index in [9.17, 15) is 19.2 Å². The smallest absolute Gasteiger partial charge is 0.248 e.